The molecule has 5 rings (SSSR count). The van der Waals surface area contributed by atoms with E-state index in [1.165, 1.54) is 4.57 Å². The van der Waals surface area contributed by atoms with Gasteiger partial charge in [-0.3, -0.25) is 4.57 Å². The van der Waals surface area contributed by atoms with Crippen LogP contribution in [0, 0.1) is 6.92 Å². The molecule has 0 saturated heterocycles. The molecule has 0 fully saturated rings. The molecule has 0 saturated carbocycles. The standard InChI is InChI=1S/C18H15N3O2/c1-9-19-8-12-4-5-13(7-14(12)20-9)21-17(22)15-10-2-3-11(6-10)16(15)18(21)23/h2-5,7-8,10-11,22-23H,6H2,1H3/t10-,11+. The summed E-state index contributed by atoms with van der Waals surface area (Å²) in [6, 6.07) is 5.64. The van der Waals surface area contributed by atoms with Gasteiger partial charge in [0.05, 0.1) is 11.2 Å². The van der Waals surface area contributed by atoms with Crippen molar-refractivity contribution in [1.29, 1.82) is 0 Å². The summed E-state index contributed by atoms with van der Waals surface area (Å²) in [5.74, 6) is 1.40. The van der Waals surface area contributed by atoms with Crippen molar-refractivity contribution in [3.8, 4) is 17.4 Å². The molecule has 2 aliphatic carbocycles. The van der Waals surface area contributed by atoms with Gasteiger partial charge < -0.3 is 10.2 Å². The second-order valence-electron chi connectivity index (χ2n) is 6.30. The summed E-state index contributed by atoms with van der Waals surface area (Å²) in [7, 11) is 0. The summed E-state index contributed by atoms with van der Waals surface area (Å²) in [4.78, 5) is 8.62. The summed E-state index contributed by atoms with van der Waals surface area (Å²) in [5, 5.41) is 22.3. The molecule has 1 aromatic carbocycles. The molecule has 0 spiro atoms. The van der Waals surface area contributed by atoms with Crippen molar-refractivity contribution in [2.45, 2.75) is 25.2 Å². The van der Waals surface area contributed by atoms with Crippen LogP contribution in [0.4, 0.5) is 0 Å². The van der Waals surface area contributed by atoms with Crippen molar-refractivity contribution in [3.05, 3.63) is 53.5 Å². The third-order valence-corrected chi connectivity index (χ3v) is 4.97. The average Bonchev–Trinajstić information content (AvgIpc) is 3.21. The maximum Gasteiger partial charge on any atom is 0.202 e. The minimum atomic E-state index is 0.138. The van der Waals surface area contributed by atoms with Crippen molar-refractivity contribution in [2.75, 3.05) is 0 Å². The van der Waals surface area contributed by atoms with E-state index in [1.54, 1.807) is 6.20 Å². The zero-order chi connectivity index (χ0) is 15.7. The normalized spacial score (nSPS) is 21.3. The van der Waals surface area contributed by atoms with Crippen LogP contribution in [-0.2, 0) is 0 Å². The SMILES string of the molecule is Cc1ncc2ccc(-n3c(O)c4c(c3O)[C@H]3C=C[C@@H]4C3)cc2n1. The van der Waals surface area contributed by atoms with Crippen LogP contribution < -0.4 is 0 Å². The van der Waals surface area contributed by atoms with E-state index in [1.807, 2.05) is 25.1 Å². The summed E-state index contributed by atoms with van der Waals surface area (Å²) in [6.45, 7) is 1.84. The molecule has 23 heavy (non-hydrogen) atoms. The van der Waals surface area contributed by atoms with E-state index in [4.69, 9.17) is 0 Å². The fraction of sp³-hybridized carbons (Fsp3) is 0.222. The Morgan fingerprint density at radius 3 is 2.48 bits per heavy atom. The first-order chi connectivity index (χ1) is 11.1. The molecule has 3 aromatic rings. The van der Waals surface area contributed by atoms with Crippen LogP contribution in [0.1, 0.15) is 35.2 Å². The number of fused-ring (bicyclic) bond motifs is 6. The van der Waals surface area contributed by atoms with Crippen LogP contribution in [0.3, 0.4) is 0 Å². The van der Waals surface area contributed by atoms with E-state index in [9.17, 15) is 10.2 Å². The van der Waals surface area contributed by atoms with E-state index < -0.39 is 0 Å². The van der Waals surface area contributed by atoms with Crippen LogP contribution in [0.5, 0.6) is 11.8 Å². The van der Waals surface area contributed by atoms with Gasteiger partial charge in [0, 0.05) is 34.5 Å². The Bertz CT molecular complexity index is 968. The number of aryl methyl sites for hydroxylation is 1. The number of benzene rings is 1. The molecule has 5 nitrogen and oxygen atoms in total. The maximum absolute atomic E-state index is 10.7. The van der Waals surface area contributed by atoms with Gasteiger partial charge >= 0.3 is 0 Å². The monoisotopic (exact) mass is 305 g/mol. The molecule has 114 valence electrons. The predicted molar refractivity (Wildman–Crippen MR) is 86.2 cm³/mol. The third kappa shape index (κ3) is 1.56. The summed E-state index contributed by atoms with van der Waals surface area (Å²) >= 11 is 0. The molecule has 0 amide bonds. The van der Waals surface area contributed by atoms with Crippen LogP contribution in [0.25, 0.3) is 16.6 Å². The molecule has 0 unspecified atom stereocenters. The molecule has 2 bridgehead atoms. The van der Waals surface area contributed by atoms with Crippen LogP contribution in [0.15, 0.2) is 36.5 Å². The Morgan fingerprint density at radius 1 is 1.09 bits per heavy atom. The fourth-order valence-electron chi connectivity index (χ4n) is 3.93. The Balaban J connectivity index is 1.74. The minimum Gasteiger partial charge on any atom is -0.494 e. The highest BCUT2D eigenvalue weighted by molar-refractivity contribution is 5.80. The second-order valence-corrected chi connectivity index (χ2v) is 6.30. The fourth-order valence-corrected chi connectivity index (χ4v) is 3.93. The largest absolute Gasteiger partial charge is 0.494 e. The molecular weight excluding hydrogens is 290 g/mol. The molecule has 2 aliphatic rings. The van der Waals surface area contributed by atoms with Gasteiger partial charge in [-0.25, -0.2) is 9.97 Å². The predicted octanol–water partition coefficient (Wildman–Crippen LogP) is 3.28. The van der Waals surface area contributed by atoms with Crippen molar-refractivity contribution < 1.29 is 10.2 Å². The third-order valence-electron chi connectivity index (χ3n) is 4.97. The second kappa shape index (κ2) is 4.13. The Kier molecular flexibility index (Phi) is 2.28. The van der Waals surface area contributed by atoms with Gasteiger partial charge in [0.1, 0.15) is 5.82 Å². The molecule has 2 heterocycles. The number of aromatic nitrogens is 3. The van der Waals surface area contributed by atoms with E-state index in [0.717, 1.165) is 28.5 Å². The topological polar surface area (TPSA) is 71.2 Å². The van der Waals surface area contributed by atoms with E-state index in [0.29, 0.717) is 11.5 Å². The van der Waals surface area contributed by atoms with Crippen LogP contribution >= 0.6 is 0 Å². The first-order valence-electron chi connectivity index (χ1n) is 7.72. The van der Waals surface area contributed by atoms with Crippen LogP contribution in [0.2, 0.25) is 0 Å². The molecule has 2 atom stereocenters. The first kappa shape index (κ1) is 12.7. The van der Waals surface area contributed by atoms with E-state index in [2.05, 4.69) is 22.1 Å². The number of nitrogens with zero attached hydrogens (tertiary/aromatic N) is 3. The van der Waals surface area contributed by atoms with Crippen molar-refractivity contribution in [1.82, 2.24) is 14.5 Å². The van der Waals surface area contributed by atoms with Gasteiger partial charge in [-0.05, 0) is 31.5 Å². The summed E-state index contributed by atoms with van der Waals surface area (Å²) in [6.07, 6.45) is 6.97. The lowest BCUT2D eigenvalue weighted by Crippen LogP contribution is -1.97. The van der Waals surface area contributed by atoms with Gasteiger partial charge in [-0.15, -0.1) is 0 Å². The zero-order valence-electron chi connectivity index (χ0n) is 12.6. The smallest absolute Gasteiger partial charge is 0.202 e. The van der Waals surface area contributed by atoms with Gasteiger partial charge in [0.15, 0.2) is 0 Å². The molecule has 0 aliphatic heterocycles. The molecule has 0 radical (unpaired) electrons. The lowest BCUT2D eigenvalue weighted by Gasteiger charge is -2.10. The molecule has 2 aromatic heterocycles. The van der Waals surface area contributed by atoms with Gasteiger partial charge in [0.25, 0.3) is 0 Å². The quantitative estimate of drug-likeness (QED) is 0.677. The number of allylic oxidation sites excluding steroid dienone is 2. The van der Waals surface area contributed by atoms with Gasteiger partial charge in [0.2, 0.25) is 11.8 Å². The number of hydrogen-bond acceptors (Lipinski definition) is 4. The highest BCUT2D eigenvalue weighted by Crippen LogP contribution is 2.57. The first-order valence-corrected chi connectivity index (χ1v) is 7.72. The van der Waals surface area contributed by atoms with Crippen molar-refractivity contribution >= 4 is 10.9 Å². The average molecular weight is 305 g/mol. The Morgan fingerprint density at radius 2 is 1.78 bits per heavy atom. The maximum atomic E-state index is 10.7. The Labute approximate surface area is 132 Å². The van der Waals surface area contributed by atoms with E-state index in [-0.39, 0.29) is 23.6 Å². The summed E-state index contributed by atoms with van der Waals surface area (Å²) in [5.41, 5.74) is 3.24. The number of rotatable bonds is 1. The number of hydrogen-bond donors (Lipinski definition) is 2. The number of aromatic hydroxyl groups is 2. The summed E-state index contributed by atoms with van der Waals surface area (Å²) < 4.78 is 1.52. The molecule has 5 heteroatoms. The van der Waals surface area contributed by atoms with Crippen molar-refractivity contribution in [3.63, 3.8) is 0 Å². The highest BCUT2D eigenvalue weighted by atomic mass is 16.3. The van der Waals surface area contributed by atoms with Crippen LogP contribution in [-0.4, -0.2) is 24.7 Å². The lowest BCUT2D eigenvalue weighted by molar-refractivity contribution is 0.395. The van der Waals surface area contributed by atoms with Gasteiger partial charge in [-0.2, -0.15) is 0 Å². The van der Waals surface area contributed by atoms with Crippen molar-refractivity contribution in [2.24, 2.45) is 0 Å². The Hall–Kier alpha value is -2.82. The molecular formula is C18H15N3O2. The zero-order valence-corrected chi connectivity index (χ0v) is 12.6. The lowest BCUT2D eigenvalue weighted by atomic mass is 10.0. The highest BCUT2D eigenvalue weighted by Gasteiger charge is 2.41. The minimum absolute atomic E-state index is 0.138. The van der Waals surface area contributed by atoms with E-state index >= 15 is 0 Å². The molecule has 2 N–H and O–H groups in total. The van der Waals surface area contributed by atoms with Gasteiger partial charge in [-0.1, -0.05) is 12.2 Å².